The predicted octanol–water partition coefficient (Wildman–Crippen LogP) is 3.00. The van der Waals surface area contributed by atoms with E-state index < -0.39 is 0 Å². The van der Waals surface area contributed by atoms with Crippen LogP contribution in [0.1, 0.15) is 44.8 Å². The molecule has 0 bridgehead atoms. The maximum atomic E-state index is 6.29. The van der Waals surface area contributed by atoms with Crippen molar-refractivity contribution in [2.45, 2.75) is 44.8 Å². The first-order valence-corrected chi connectivity index (χ1v) is 7.81. The molecule has 1 aromatic rings. The van der Waals surface area contributed by atoms with Gasteiger partial charge in [-0.15, -0.1) is 0 Å². The minimum atomic E-state index is -0.0244. The van der Waals surface area contributed by atoms with E-state index in [4.69, 9.17) is 4.74 Å². The molecule has 100 valence electrons. The van der Waals surface area contributed by atoms with Gasteiger partial charge in [0.2, 0.25) is 0 Å². The molecule has 2 aliphatic rings. The van der Waals surface area contributed by atoms with Gasteiger partial charge < -0.3 is 10.1 Å². The lowest BCUT2D eigenvalue weighted by Gasteiger charge is -2.49. The summed E-state index contributed by atoms with van der Waals surface area (Å²) in [4.78, 5) is 0. The molecule has 1 aliphatic heterocycles. The van der Waals surface area contributed by atoms with Crippen LogP contribution in [-0.2, 0) is 4.74 Å². The average molecular weight is 266 g/mol. The van der Waals surface area contributed by atoms with Crippen molar-refractivity contribution in [3.8, 4) is 0 Å². The minimum absolute atomic E-state index is 0.0244. The van der Waals surface area contributed by atoms with Crippen LogP contribution in [0.3, 0.4) is 0 Å². The zero-order valence-corrected chi connectivity index (χ0v) is 12.0. The molecule has 1 aromatic heterocycles. The number of rotatable bonds is 1. The molecule has 18 heavy (non-hydrogen) atoms. The van der Waals surface area contributed by atoms with E-state index in [0.717, 1.165) is 37.8 Å². The molecule has 3 unspecified atom stereocenters. The molecule has 0 aromatic carbocycles. The molecule has 1 saturated heterocycles. The monoisotopic (exact) mass is 266 g/mol. The van der Waals surface area contributed by atoms with Crippen LogP contribution in [0.4, 0.5) is 0 Å². The molecule has 4 heteroatoms. The highest BCUT2D eigenvalue weighted by Crippen LogP contribution is 2.46. The molecule has 3 atom stereocenters. The van der Waals surface area contributed by atoms with Crippen LogP contribution in [0.15, 0.2) is 11.4 Å². The van der Waals surface area contributed by atoms with Crippen LogP contribution < -0.4 is 5.32 Å². The van der Waals surface area contributed by atoms with Crippen molar-refractivity contribution in [3.05, 3.63) is 17.1 Å². The Morgan fingerprint density at radius 3 is 2.83 bits per heavy atom. The molecule has 1 spiro atoms. The van der Waals surface area contributed by atoms with Gasteiger partial charge in [-0.2, -0.15) is 4.37 Å². The van der Waals surface area contributed by atoms with Crippen LogP contribution in [0, 0.1) is 11.8 Å². The van der Waals surface area contributed by atoms with Crippen molar-refractivity contribution < 1.29 is 4.74 Å². The molecule has 2 fully saturated rings. The molecule has 0 amide bonds. The highest BCUT2D eigenvalue weighted by Gasteiger charge is 2.47. The van der Waals surface area contributed by atoms with Crippen molar-refractivity contribution in [2.75, 3.05) is 13.2 Å². The van der Waals surface area contributed by atoms with Gasteiger partial charge in [0.25, 0.3) is 0 Å². The predicted molar refractivity (Wildman–Crippen MR) is 73.7 cm³/mol. The number of nitrogens with zero attached hydrogens (tertiary/aromatic N) is 1. The van der Waals surface area contributed by atoms with Gasteiger partial charge in [-0.25, -0.2) is 0 Å². The van der Waals surface area contributed by atoms with Gasteiger partial charge in [-0.1, -0.05) is 13.8 Å². The van der Waals surface area contributed by atoms with Gasteiger partial charge in [0.1, 0.15) is 0 Å². The zero-order valence-electron chi connectivity index (χ0n) is 11.2. The Kier molecular flexibility index (Phi) is 3.43. The van der Waals surface area contributed by atoms with Crippen molar-refractivity contribution in [1.29, 1.82) is 0 Å². The maximum Gasteiger partial charge on any atom is 0.0897 e. The summed E-state index contributed by atoms with van der Waals surface area (Å²) in [6, 6.07) is 2.42. The highest BCUT2D eigenvalue weighted by atomic mass is 32.1. The van der Waals surface area contributed by atoms with Gasteiger partial charge in [0, 0.05) is 11.9 Å². The number of nitrogens with one attached hydrogen (secondary N) is 1. The molecule has 1 aliphatic carbocycles. The van der Waals surface area contributed by atoms with Gasteiger partial charge in [0.05, 0.1) is 23.9 Å². The number of hydrogen-bond acceptors (Lipinski definition) is 4. The third kappa shape index (κ3) is 2.22. The van der Waals surface area contributed by atoms with Gasteiger partial charge >= 0.3 is 0 Å². The lowest BCUT2D eigenvalue weighted by Crippen LogP contribution is -2.55. The average Bonchev–Trinajstić information content (AvgIpc) is 2.81. The fraction of sp³-hybridized carbons (Fsp3) is 0.786. The van der Waals surface area contributed by atoms with E-state index in [1.165, 1.54) is 23.6 Å². The first kappa shape index (κ1) is 12.6. The highest BCUT2D eigenvalue weighted by molar-refractivity contribution is 7.03. The van der Waals surface area contributed by atoms with Gasteiger partial charge in [-0.3, -0.25) is 0 Å². The topological polar surface area (TPSA) is 34.1 Å². The van der Waals surface area contributed by atoms with Crippen LogP contribution in [0.2, 0.25) is 0 Å². The van der Waals surface area contributed by atoms with E-state index in [9.17, 15) is 0 Å². The Bertz CT molecular complexity index is 383. The first-order valence-electron chi connectivity index (χ1n) is 6.97. The number of hydrogen-bond donors (Lipinski definition) is 1. The standard InChI is InChI=1S/C14H22N2OS/c1-10-7-11(2)9-14(8-10)13(15-4-5-17-14)12-3-6-18-16-12/h3,6,10-11,13,15H,4-5,7-9H2,1-2H3. The van der Waals surface area contributed by atoms with Crippen LogP contribution in [0.5, 0.6) is 0 Å². The fourth-order valence-electron chi connectivity index (χ4n) is 3.94. The van der Waals surface area contributed by atoms with E-state index >= 15 is 0 Å². The van der Waals surface area contributed by atoms with Crippen LogP contribution in [0.25, 0.3) is 0 Å². The summed E-state index contributed by atoms with van der Waals surface area (Å²) in [5.41, 5.74) is 1.14. The first-order chi connectivity index (χ1) is 8.70. The molecular weight excluding hydrogens is 244 g/mol. The van der Waals surface area contributed by atoms with E-state index in [-0.39, 0.29) is 11.6 Å². The second-order valence-corrected chi connectivity index (χ2v) is 6.74. The summed E-state index contributed by atoms with van der Waals surface area (Å²) < 4.78 is 10.8. The molecule has 3 rings (SSSR count). The van der Waals surface area contributed by atoms with Crippen molar-refractivity contribution in [2.24, 2.45) is 11.8 Å². The second-order valence-electron chi connectivity index (χ2n) is 6.08. The van der Waals surface area contributed by atoms with Gasteiger partial charge in [0.15, 0.2) is 0 Å². The number of morpholine rings is 1. The number of aromatic nitrogens is 1. The third-order valence-electron chi connectivity index (χ3n) is 4.31. The second kappa shape index (κ2) is 4.91. The SMILES string of the molecule is CC1CC(C)CC2(C1)OCCNC2c1ccsn1. The lowest BCUT2D eigenvalue weighted by atomic mass is 9.69. The molecule has 0 radical (unpaired) electrons. The Balaban J connectivity index is 1.90. The van der Waals surface area contributed by atoms with E-state index in [1.807, 2.05) is 0 Å². The lowest BCUT2D eigenvalue weighted by molar-refractivity contribution is -0.138. The fourth-order valence-corrected chi connectivity index (χ4v) is 4.49. The Labute approximate surface area is 113 Å². The number of ether oxygens (including phenoxy) is 1. The summed E-state index contributed by atoms with van der Waals surface area (Å²) in [6.45, 7) is 6.48. The van der Waals surface area contributed by atoms with Crippen LogP contribution in [-0.4, -0.2) is 23.1 Å². The van der Waals surface area contributed by atoms with E-state index in [0.29, 0.717) is 0 Å². The van der Waals surface area contributed by atoms with Crippen molar-refractivity contribution in [3.63, 3.8) is 0 Å². The van der Waals surface area contributed by atoms with Crippen molar-refractivity contribution in [1.82, 2.24) is 9.69 Å². The van der Waals surface area contributed by atoms with Crippen molar-refractivity contribution >= 4 is 11.5 Å². The molecule has 3 nitrogen and oxygen atoms in total. The van der Waals surface area contributed by atoms with E-state index in [1.54, 1.807) is 0 Å². The Hall–Kier alpha value is -0.450. The summed E-state index contributed by atoms with van der Waals surface area (Å²) in [7, 11) is 0. The summed E-state index contributed by atoms with van der Waals surface area (Å²) in [5.74, 6) is 1.49. The Morgan fingerprint density at radius 1 is 1.39 bits per heavy atom. The molecular formula is C14H22N2OS. The quantitative estimate of drug-likeness (QED) is 0.848. The summed E-state index contributed by atoms with van der Waals surface area (Å²) in [5, 5.41) is 5.71. The zero-order chi connectivity index (χ0) is 12.6. The molecule has 1 N–H and O–H groups in total. The normalized spacial score (nSPS) is 41.1. The Morgan fingerprint density at radius 2 is 2.17 bits per heavy atom. The van der Waals surface area contributed by atoms with E-state index in [2.05, 4.69) is 35.0 Å². The summed E-state index contributed by atoms with van der Waals surface area (Å²) >= 11 is 1.54. The third-order valence-corrected chi connectivity index (χ3v) is 4.89. The minimum Gasteiger partial charge on any atom is -0.372 e. The van der Waals surface area contributed by atoms with Crippen LogP contribution >= 0.6 is 11.5 Å². The maximum absolute atomic E-state index is 6.29. The molecule has 1 saturated carbocycles. The smallest absolute Gasteiger partial charge is 0.0897 e. The largest absolute Gasteiger partial charge is 0.372 e. The van der Waals surface area contributed by atoms with Gasteiger partial charge in [-0.05, 0) is 48.7 Å². The summed E-state index contributed by atoms with van der Waals surface area (Å²) in [6.07, 6.45) is 3.65. The molecule has 2 heterocycles.